The van der Waals surface area contributed by atoms with Gasteiger partial charge >= 0.3 is 12.1 Å². The molecule has 1 N–H and O–H groups in total. The van der Waals surface area contributed by atoms with Crippen molar-refractivity contribution in [3.8, 4) is 0 Å². The number of halogens is 3. The average Bonchev–Trinajstić information content (AvgIpc) is 3.55. The molecule has 2 amide bonds. The number of alkyl halides is 3. The van der Waals surface area contributed by atoms with Crippen LogP contribution in [0.1, 0.15) is 28.9 Å². The van der Waals surface area contributed by atoms with Crippen LogP contribution in [0.5, 0.6) is 0 Å². The molecule has 5 rings (SSSR count). The summed E-state index contributed by atoms with van der Waals surface area (Å²) in [6, 6.07) is 14.0. The molecule has 0 radical (unpaired) electrons. The molecule has 4 heterocycles. The average molecular weight is 561 g/mol. The van der Waals surface area contributed by atoms with E-state index in [1.807, 2.05) is 71.2 Å². The molecule has 3 aromatic rings. The van der Waals surface area contributed by atoms with Gasteiger partial charge in [0, 0.05) is 59.2 Å². The Kier molecular flexibility index (Phi) is 8.33. The van der Waals surface area contributed by atoms with Gasteiger partial charge in [0.2, 0.25) is 5.91 Å². The summed E-state index contributed by atoms with van der Waals surface area (Å²) in [5.41, 5.74) is 2.08. The lowest BCUT2D eigenvalue weighted by molar-refractivity contribution is -0.192. The van der Waals surface area contributed by atoms with E-state index >= 15 is 0 Å². The van der Waals surface area contributed by atoms with Crippen molar-refractivity contribution in [3.05, 3.63) is 72.3 Å². The summed E-state index contributed by atoms with van der Waals surface area (Å²) in [6.45, 7) is 3.25. The van der Waals surface area contributed by atoms with Crippen molar-refractivity contribution in [1.82, 2.24) is 24.1 Å². The number of benzene rings is 1. The topological polar surface area (TPSA) is 104 Å². The predicted molar refractivity (Wildman–Crippen MR) is 139 cm³/mol. The SMILES string of the molecule is Cn1cc(N2CCN(Cc3ccccc3)C3(CCN(C(=O)c4cccn4C)CC3)C2=O)cn1.O=C(O)C(F)(F)F. The fourth-order valence-electron chi connectivity index (χ4n) is 5.21. The summed E-state index contributed by atoms with van der Waals surface area (Å²) in [6.07, 6.45) is 1.69. The Labute approximate surface area is 229 Å². The number of anilines is 1. The zero-order valence-corrected chi connectivity index (χ0v) is 22.2. The van der Waals surface area contributed by atoms with Crippen LogP contribution in [0.15, 0.2) is 61.1 Å². The second-order valence-corrected chi connectivity index (χ2v) is 9.87. The number of aromatic nitrogens is 3. The van der Waals surface area contributed by atoms with Crippen LogP contribution in [-0.4, -0.2) is 84.9 Å². The lowest BCUT2D eigenvalue weighted by Crippen LogP contribution is -2.69. The summed E-state index contributed by atoms with van der Waals surface area (Å²) in [5.74, 6) is -2.62. The predicted octanol–water partition coefficient (Wildman–Crippen LogP) is 2.92. The van der Waals surface area contributed by atoms with Crippen molar-refractivity contribution >= 4 is 23.5 Å². The van der Waals surface area contributed by atoms with Crippen LogP contribution < -0.4 is 4.90 Å². The molecule has 10 nitrogen and oxygen atoms in total. The Hall–Kier alpha value is -4.13. The molecule has 0 aliphatic carbocycles. The quantitative estimate of drug-likeness (QED) is 0.527. The zero-order chi connectivity index (χ0) is 29.1. The smallest absolute Gasteiger partial charge is 0.475 e. The molecule has 2 aliphatic heterocycles. The largest absolute Gasteiger partial charge is 0.490 e. The first-order chi connectivity index (χ1) is 18.9. The van der Waals surface area contributed by atoms with Gasteiger partial charge in [0.1, 0.15) is 11.2 Å². The number of carboxylic acids is 1. The van der Waals surface area contributed by atoms with Crippen LogP contribution in [0.25, 0.3) is 0 Å². The number of nitrogens with zero attached hydrogens (tertiary/aromatic N) is 6. The third kappa shape index (κ3) is 6.03. The number of hydrogen-bond donors (Lipinski definition) is 1. The number of aliphatic carboxylic acids is 1. The van der Waals surface area contributed by atoms with Gasteiger partial charge in [-0.2, -0.15) is 18.3 Å². The second kappa shape index (κ2) is 11.5. The minimum Gasteiger partial charge on any atom is -0.475 e. The maximum Gasteiger partial charge on any atom is 0.490 e. The van der Waals surface area contributed by atoms with Crippen molar-refractivity contribution in [3.63, 3.8) is 0 Å². The molecule has 1 aromatic carbocycles. The molecule has 2 aromatic heterocycles. The van der Waals surface area contributed by atoms with E-state index in [1.54, 1.807) is 10.9 Å². The number of aryl methyl sites for hydroxylation is 2. The Morgan fingerprint density at radius 3 is 2.17 bits per heavy atom. The molecule has 2 aliphatic rings. The molecular weight excluding hydrogens is 529 g/mol. The summed E-state index contributed by atoms with van der Waals surface area (Å²) in [5, 5.41) is 11.4. The van der Waals surface area contributed by atoms with Gasteiger partial charge in [0.05, 0.1) is 11.9 Å². The summed E-state index contributed by atoms with van der Waals surface area (Å²) >= 11 is 0. The van der Waals surface area contributed by atoms with Gasteiger partial charge in [-0.3, -0.25) is 19.2 Å². The van der Waals surface area contributed by atoms with Crippen LogP contribution in [-0.2, 0) is 30.2 Å². The Morgan fingerprint density at radius 1 is 1.00 bits per heavy atom. The van der Waals surface area contributed by atoms with E-state index in [9.17, 15) is 22.8 Å². The maximum absolute atomic E-state index is 14.0. The Morgan fingerprint density at radius 2 is 1.65 bits per heavy atom. The summed E-state index contributed by atoms with van der Waals surface area (Å²) in [4.78, 5) is 42.1. The molecule has 0 saturated carbocycles. The lowest BCUT2D eigenvalue weighted by atomic mass is 9.81. The molecular formula is C27H31F3N6O4. The third-order valence-corrected chi connectivity index (χ3v) is 7.34. The van der Waals surface area contributed by atoms with E-state index in [0.717, 1.165) is 18.8 Å². The van der Waals surface area contributed by atoms with Crippen molar-refractivity contribution < 1.29 is 32.7 Å². The number of carbonyl (C=O) groups excluding carboxylic acids is 2. The lowest BCUT2D eigenvalue weighted by Gasteiger charge is -2.52. The van der Waals surface area contributed by atoms with Crippen LogP contribution in [0.2, 0.25) is 0 Å². The van der Waals surface area contributed by atoms with E-state index in [2.05, 4.69) is 22.1 Å². The molecule has 0 bridgehead atoms. The van der Waals surface area contributed by atoms with E-state index in [-0.39, 0.29) is 11.8 Å². The third-order valence-electron chi connectivity index (χ3n) is 7.34. The number of hydrogen-bond acceptors (Lipinski definition) is 5. The van der Waals surface area contributed by atoms with Crippen molar-refractivity contribution in [2.45, 2.75) is 31.1 Å². The Balaban J connectivity index is 0.000000470. The number of carbonyl (C=O) groups is 3. The number of carboxylic acid groups (broad SMARTS) is 1. The molecule has 2 saturated heterocycles. The van der Waals surface area contributed by atoms with E-state index in [4.69, 9.17) is 9.90 Å². The van der Waals surface area contributed by atoms with Gasteiger partial charge in [0.25, 0.3) is 5.91 Å². The molecule has 0 atom stereocenters. The van der Waals surface area contributed by atoms with Crippen LogP contribution in [0.3, 0.4) is 0 Å². The fraction of sp³-hybridized carbons (Fsp3) is 0.407. The van der Waals surface area contributed by atoms with E-state index in [1.165, 1.54) is 5.56 Å². The van der Waals surface area contributed by atoms with Gasteiger partial charge in [-0.1, -0.05) is 30.3 Å². The Bertz CT molecular complexity index is 1350. The molecule has 1 spiro atoms. The highest BCUT2D eigenvalue weighted by Crippen LogP contribution is 2.37. The monoisotopic (exact) mass is 560 g/mol. The van der Waals surface area contributed by atoms with Gasteiger partial charge < -0.3 is 19.5 Å². The molecule has 0 unspecified atom stereocenters. The summed E-state index contributed by atoms with van der Waals surface area (Å²) < 4.78 is 35.3. The number of piperazine rings is 1. The summed E-state index contributed by atoms with van der Waals surface area (Å²) in [7, 11) is 3.75. The van der Waals surface area contributed by atoms with Crippen LogP contribution in [0.4, 0.5) is 18.9 Å². The zero-order valence-electron chi connectivity index (χ0n) is 22.2. The van der Waals surface area contributed by atoms with Crippen LogP contribution in [0, 0.1) is 0 Å². The maximum atomic E-state index is 14.0. The second-order valence-electron chi connectivity index (χ2n) is 9.87. The number of rotatable bonds is 4. The molecule has 214 valence electrons. The minimum atomic E-state index is -5.08. The van der Waals surface area contributed by atoms with Gasteiger partial charge in [-0.25, -0.2) is 4.79 Å². The standard InChI is InChI=1S/C25H30N6O2.C2HF3O2/c1-27-12-6-9-22(27)23(32)29-13-10-25(11-14-29)24(33)31(21-17-26-28(2)19-21)16-15-30(25)18-20-7-4-3-5-8-20;3-2(4,5)1(6)7/h3-9,12,17,19H,10-11,13-16,18H2,1-2H3;(H,6,7). The van der Waals surface area contributed by atoms with Gasteiger partial charge in [0.15, 0.2) is 0 Å². The van der Waals surface area contributed by atoms with Crippen molar-refractivity contribution in [1.29, 1.82) is 0 Å². The highest BCUT2D eigenvalue weighted by molar-refractivity contribution is 6.01. The minimum absolute atomic E-state index is 0.0272. The van der Waals surface area contributed by atoms with E-state index in [0.29, 0.717) is 38.2 Å². The number of amides is 2. The van der Waals surface area contributed by atoms with E-state index < -0.39 is 17.7 Å². The van der Waals surface area contributed by atoms with Crippen LogP contribution >= 0.6 is 0 Å². The van der Waals surface area contributed by atoms with Gasteiger partial charge in [-0.15, -0.1) is 0 Å². The normalized spacial score (nSPS) is 17.5. The van der Waals surface area contributed by atoms with Crippen molar-refractivity contribution in [2.75, 3.05) is 31.1 Å². The number of likely N-dealkylation sites (tertiary alicyclic amines) is 1. The first kappa shape index (κ1) is 28.9. The molecule has 40 heavy (non-hydrogen) atoms. The fourth-order valence-corrected chi connectivity index (χ4v) is 5.21. The highest BCUT2D eigenvalue weighted by atomic mass is 19.4. The molecule has 2 fully saturated rings. The first-order valence-corrected chi connectivity index (χ1v) is 12.7. The highest BCUT2D eigenvalue weighted by Gasteiger charge is 2.51. The number of piperidine rings is 1. The molecule has 13 heteroatoms. The van der Waals surface area contributed by atoms with Gasteiger partial charge in [-0.05, 0) is 30.5 Å². The van der Waals surface area contributed by atoms with Crippen molar-refractivity contribution in [2.24, 2.45) is 14.1 Å². The first-order valence-electron chi connectivity index (χ1n) is 12.7.